The molecule has 0 heterocycles. The molecule has 0 saturated carbocycles. The Hall–Kier alpha value is -2.52. The molecule has 0 spiro atoms. The van der Waals surface area contributed by atoms with Crippen LogP contribution in [0.3, 0.4) is 0 Å². The number of primary amides is 1. The van der Waals surface area contributed by atoms with E-state index in [-0.39, 0.29) is 12.5 Å². The summed E-state index contributed by atoms with van der Waals surface area (Å²) in [7, 11) is 0. The monoisotopic (exact) mass is 396 g/mol. The SMILES string of the molecule is C=CCCC[C@H](NC(=O)Cc1cc(C(F)(F)F)cc(C(F)(F)F)c1)C(N)=O. The van der Waals surface area contributed by atoms with Crippen molar-refractivity contribution in [3.8, 4) is 0 Å². The van der Waals surface area contributed by atoms with Gasteiger partial charge in [0.1, 0.15) is 6.04 Å². The van der Waals surface area contributed by atoms with Crippen LogP contribution >= 0.6 is 0 Å². The third-order valence-electron chi connectivity index (χ3n) is 3.59. The first-order valence-electron chi connectivity index (χ1n) is 7.82. The average Bonchev–Trinajstić information content (AvgIpc) is 2.52. The number of halogens is 6. The van der Waals surface area contributed by atoms with E-state index in [9.17, 15) is 35.9 Å². The summed E-state index contributed by atoms with van der Waals surface area (Å²) in [4.78, 5) is 23.3. The molecule has 150 valence electrons. The van der Waals surface area contributed by atoms with Gasteiger partial charge in [0.15, 0.2) is 0 Å². The third kappa shape index (κ3) is 7.32. The maximum Gasteiger partial charge on any atom is 0.416 e. The Kier molecular flexibility index (Phi) is 7.44. The minimum atomic E-state index is -5.01. The van der Waals surface area contributed by atoms with Crippen LogP contribution < -0.4 is 11.1 Å². The van der Waals surface area contributed by atoms with Crippen LogP contribution in [0.2, 0.25) is 0 Å². The Morgan fingerprint density at radius 2 is 1.59 bits per heavy atom. The van der Waals surface area contributed by atoms with E-state index >= 15 is 0 Å². The third-order valence-corrected chi connectivity index (χ3v) is 3.59. The van der Waals surface area contributed by atoms with Crippen molar-refractivity contribution >= 4 is 11.8 Å². The number of hydrogen-bond acceptors (Lipinski definition) is 2. The molecule has 10 heteroatoms. The molecule has 1 aromatic carbocycles. The summed E-state index contributed by atoms with van der Waals surface area (Å²) in [5, 5.41) is 2.23. The second kappa shape index (κ2) is 8.92. The van der Waals surface area contributed by atoms with Gasteiger partial charge < -0.3 is 11.1 Å². The molecule has 0 aromatic heterocycles. The van der Waals surface area contributed by atoms with Crippen LogP contribution in [0.4, 0.5) is 26.3 Å². The van der Waals surface area contributed by atoms with Crippen molar-refractivity contribution in [2.75, 3.05) is 0 Å². The molecular weight excluding hydrogens is 378 g/mol. The van der Waals surface area contributed by atoms with Gasteiger partial charge in [0, 0.05) is 0 Å². The minimum absolute atomic E-state index is 0.0249. The second-order valence-corrected chi connectivity index (χ2v) is 5.83. The molecule has 3 N–H and O–H groups in total. The van der Waals surface area contributed by atoms with Gasteiger partial charge >= 0.3 is 12.4 Å². The normalized spacial score (nSPS) is 13.1. The van der Waals surface area contributed by atoms with Crippen LogP contribution in [-0.4, -0.2) is 17.9 Å². The summed E-state index contributed by atoms with van der Waals surface area (Å²) >= 11 is 0. The summed E-state index contributed by atoms with van der Waals surface area (Å²) in [6.45, 7) is 3.49. The summed E-state index contributed by atoms with van der Waals surface area (Å²) in [5.74, 6) is -1.77. The fourth-order valence-electron chi connectivity index (χ4n) is 2.30. The highest BCUT2D eigenvalue weighted by Crippen LogP contribution is 2.36. The Balaban J connectivity index is 3.00. The van der Waals surface area contributed by atoms with E-state index in [0.29, 0.717) is 25.0 Å². The van der Waals surface area contributed by atoms with E-state index in [1.807, 2.05) is 0 Å². The van der Waals surface area contributed by atoms with Gasteiger partial charge in [-0.05, 0) is 43.0 Å². The van der Waals surface area contributed by atoms with Gasteiger partial charge in [0.2, 0.25) is 11.8 Å². The van der Waals surface area contributed by atoms with Crippen molar-refractivity contribution < 1.29 is 35.9 Å². The topological polar surface area (TPSA) is 72.2 Å². The van der Waals surface area contributed by atoms with Gasteiger partial charge in [-0.3, -0.25) is 9.59 Å². The second-order valence-electron chi connectivity index (χ2n) is 5.83. The molecule has 0 fully saturated rings. The fourth-order valence-corrected chi connectivity index (χ4v) is 2.30. The lowest BCUT2D eigenvalue weighted by atomic mass is 10.0. The zero-order chi connectivity index (χ0) is 20.8. The van der Waals surface area contributed by atoms with Crippen LogP contribution in [-0.2, 0) is 28.4 Å². The first-order chi connectivity index (χ1) is 12.3. The molecule has 0 aliphatic carbocycles. The molecule has 1 aromatic rings. The van der Waals surface area contributed by atoms with Crippen LogP contribution in [0.25, 0.3) is 0 Å². The number of amides is 2. The van der Waals surface area contributed by atoms with Crippen LogP contribution in [0.1, 0.15) is 36.0 Å². The maximum absolute atomic E-state index is 12.8. The van der Waals surface area contributed by atoms with Crippen molar-refractivity contribution in [3.05, 3.63) is 47.5 Å². The highest BCUT2D eigenvalue weighted by atomic mass is 19.4. The van der Waals surface area contributed by atoms with Crippen molar-refractivity contribution in [1.82, 2.24) is 5.32 Å². The molecule has 0 saturated heterocycles. The molecule has 0 unspecified atom stereocenters. The number of allylic oxidation sites excluding steroid dienone is 1. The largest absolute Gasteiger partial charge is 0.416 e. The number of rotatable bonds is 8. The number of nitrogens with one attached hydrogen (secondary N) is 1. The molecule has 4 nitrogen and oxygen atoms in total. The van der Waals surface area contributed by atoms with Crippen molar-refractivity contribution in [1.29, 1.82) is 0 Å². The number of alkyl halides is 6. The number of carbonyl (C=O) groups excluding carboxylic acids is 2. The van der Waals surface area contributed by atoms with Gasteiger partial charge in [-0.15, -0.1) is 6.58 Å². The molecule has 0 aliphatic rings. The van der Waals surface area contributed by atoms with E-state index in [0.717, 1.165) is 0 Å². The molecule has 0 radical (unpaired) electrons. The highest BCUT2D eigenvalue weighted by Gasteiger charge is 2.37. The zero-order valence-electron chi connectivity index (χ0n) is 14.1. The van der Waals surface area contributed by atoms with Crippen LogP contribution in [0.15, 0.2) is 30.9 Å². The first kappa shape index (κ1) is 22.5. The lowest BCUT2D eigenvalue weighted by Gasteiger charge is -2.17. The van der Waals surface area contributed by atoms with Gasteiger partial charge in [-0.25, -0.2) is 0 Å². The van der Waals surface area contributed by atoms with E-state index in [1.165, 1.54) is 0 Å². The van der Waals surface area contributed by atoms with Gasteiger partial charge in [0.05, 0.1) is 17.5 Å². The number of nitrogens with two attached hydrogens (primary N) is 1. The summed E-state index contributed by atoms with van der Waals surface area (Å²) < 4.78 is 77.0. The number of carbonyl (C=O) groups is 2. The fraction of sp³-hybridized carbons (Fsp3) is 0.412. The minimum Gasteiger partial charge on any atom is -0.368 e. The smallest absolute Gasteiger partial charge is 0.368 e. The van der Waals surface area contributed by atoms with E-state index in [1.54, 1.807) is 6.08 Å². The predicted octanol–water partition coefficient (Wildman–Crippen LogP) is 3.59. The van der Waals surface area contributed by atoms with E-state index in [4.69, 9.17) is 5.73 Å². The highest BCUT2D eigenvalue weighted by molar-refractivity contribution is 5.87. The lowest BCUT2D eigenvalue weighted by molar-refractivity contribution is -0.143. The van der Waals surface area contributed by atoms with Crippen molar-refractivity contribution in [2.24, 2.45) is 5.73 Å². The standard InChI is InChI=1S/C17H18F6N2O2/c1-2-3-4-5-13(15(24)27)25-14(26)8-10-6-11(16(18,19)20)9-12(7-10)17(21,22)23/h2,6-7,9,13H,1,3-5,8H2,(H2,24,27)(H,25,26)/t13-/m0/s1. The molecule has 0 bridgehead atoms. The first-order valence-corrected chi connectivity index (χ1v) is 7.82. The Morgan fingerprint density at radius 3 is 2.00 bits per heavy atom. The molecule has 1 rings (SSSR count). The van der Waals surface area contributed by atoms with Crippen molar-refractivity contribution in [2.45, 2.75) is 44.1 Å². The zero-order valence-corrected chi connectivity index (χ0v) is 14.1. The molecule has 27 heavy (non-hydrogen) atoms. The number of hydrogen-bond donors (Lipinski definition) is 2. The number of benzene rings is 1. The molecule has 2 amide bonds. The lowest BCUT2D eigenvalue weighted by Crippen LogP contribution is -2.45. The summed E-state index contributed by atoms with van der Waals surface area (Å²) in [6, 6.07) is -0.175. The van der Waals surface area contributed by atoms with Gasteiger partial charge in [0.25, 0.3) is 0 Å². The van der Waals surface area contributed by atoms with Crippen LogP contribution in [0.5, 0.6) is 0 Å². The van der Waals surface area contributed by atoms with E-state index < -0.39 is 53.3 Å². The van der Waals surface area contributed by atoms with E-state index in [2.05, 4.69) is 11.9 Å². The quantitative estimate of drug-likeness (QED) is 0.401. The van der Waals surface area contributed by atoms with Gasteiger partial charge in [-0.1, -0.05) is 6.08 Å². The summed E-state index contributed by atoms with van der Waals surface area (Å²) in [6.07, 6.45) is -8.01. The van der Waals surface area contributed by atoms with Gasteiger partial charge in [-0.2, -0.15) is 26.3 Å². The summed E-state index contributed by atoms with van der Waals surface area (Å²) in [5.41, 5.74) is 1.63. The maximum atomic E-state index is 12.8. The molecule has 0 aliphatic heterocycles. The Bertz CT molecular complexity index is 665. The van der Waals surface area contributed by atoms with Crippen LogP contribution in [0, 0.1) is 0 Å². The predicted molar refractivity (Wildman–Crippen MR) is 85.3 cm³/mol. The molecular formula is C17H18F6N2O2. The molecule has 1 atom stereocenters. The van der Waals surface area contributed by atoms with Crippen molar-refractivity contribution in [3.63, 3.8) is 0 Å². The Labute approximate surface area is 151 Å². The average molecular weight is 396 g/mol. The number of unbranched alkanes of at least 4 members (excludes halogenated alkanes) is 1. The Morgan fingerprint density at radius 1 is 1.07 bits per heavy atom.